The smallest absolute Gasteiger partial charge is 0.0390 e. The summed E-state index contributed by atoms with van der Waals surface area (Å²) in [6.45, 7) is 5.80. The van der Waals surface area contributed by atoms with Crippen LogP contribution >= 0.6 is 0 Å². The summed E-state index contributed by atoms with van der Waals surface area (Å²) in [4.78, 5) is 0. The van der Waals surface area contributed by atoms with Crippen LogP contribution in [0.3, 0.4) is 0 Å². The molecule has 1 N–H and O–H groups in total. The van der Waals surface area contributed by atoms with Crippen LogP contribution in [0.25, 0.3) is 16.3 Å². The zero-order valence-electron chi connectivity index (χ0n) is 13.9. The van der Waals surface area contributed by atoms with Gasteiger partial charge in [0.25, 0.3) is 0 Å². The van der Waals surface area contributed by atoms with Gasteiger partial charge in [-0.25, -0.2) is 0 Å². The van der Waals surface area contributed by atoms with Gasteiger partial charge in [0.2, 0.25) is 0 Å². The van der Waals surface area contributed by atoms with E-state index in [4.69, 9.17) is 0 Å². The second-order valence-corrected chi connectivity index (χ2v) is 5.62. The normalized spacial score (nSPS) is 11.8. The van der Waals surface area contributed by atoms with Crippen molar-refractivity contribution in [1.82, 2.24) is 0 Å². The molecule has 3 rings (SSSR count). The van der Waals surface area contributed by atoms with E-state index in [9.17, 15) is 0 Å². The van der Waals surface area contributed by atoms with Gasteiger partial charge < -0.3 is 5.32 Å². The van der Waals surface area contributed by atoms with Crippen molar-refractivity contribution in [2.75, 3.05) is 5.32 Å². The number of fused-ring (bicyclic) bond motifs is 1. The summed E-state index contributed by atoms with van der Waals surface area (Å²) < 4.78 is 0. The first kappa shape index (κ1) is 15.8. The van der Waals surface area contributed by atoms with Gasteiger partial charge in [0, 0.05) is 11.4 Å². The third-order valence-electron chi connectivity index (χ3n) is 3.90. The SMILES string of the molecule is C=C/C=C(\C=C/C)c1ccc(Nc2ccc3ccccc3c2)cc1. The maximum atomic E-state index is 3.78. The molecule has 0 fully saturated rings. The van der Waals surface area contributed by atoms with Crippen molar-refractivity contribution in [1.29, 1.82) is 0 Å². The standard InChI is InChI=1S/C23H21N/c1-3-7-18(8-4-2)20-11-14-22(15-12-20)24-23-16-13-19-9-5-6-10-21(19)17-23/h3-17,24H,1H2,2H3/b8-4-,18-7+. The van der Waals surface area contributed by atoms with E-state index in [-0.39, 0.29) is 0 Å². The zero-order chi connectivity index (χ0) is 16.8. The topological polar surface area (TPSA) is 12.0 Å². The summed E-state index contributed by atoms with van der Waals surface area (Å²) in [5, 5.41) is 5.96. The first-order chi connectivity index (χ1) is 11.8. The average Bonchev–Trinajstić information content (AvgIpc) is 2.62. The molecule has 0 saturated heterocycles. The fourth-order valence-electron chi connectivity index (χ4n) is 2.73. The fraction of sp³-hybridized carbons (Fsp3) is 0.0435. The molecule has 118 valence electrons. The average molecular weight is 311 g/mol. The van der Waals surface area contributed by atoms with Gasteiger partial charge in [-0.05, 0) is 53.1 Å². The second-order valence-electron chi connectivity index (χ2n) is 5.62. The van der Waals surface area contributed by atoms with Crippen LogP contribution in [0.2, 0.25) is 0 Å². The molecular formula is C23H21N. The predicted molar refractivity (Wildman–Crippen MR) is 107 cm³/mol. The highest BCUT2D eigenvalue weighted by Crippen LogP contribution is 2.24. The molecule has 0 radical (unpaired) electrons. The summed E-state index contributed by atoms with van der Waals surface area (Å²) in [5.41, 5.74) is 4.51. The minimum absolute atomic E-state index is 1.08. The Balaban J connectivity index is 1.82. The molecule has 0 amide bonds. The molecule has 0 aliphatic heterocycles. The quantitative estimate of drug-likeness (QED) is 0.515. The number of nitrogens with one attached hydrogen (secondary N) is 1. The molecule has 1 nitrogen and oxygen atoms in total. The van der Waals surface area contributed by atoms with Gasteiger partial charge in [0.05, 0.1) is 0 Å². The van der Waals surface area contributed by atoms with Gasteiger partial charge in [0.15, 0.2) is 0 Å². The summed E-state index contributed by atoms with van der Waals surface area (Å²) in [7, 11) is 0. The Morgan fingerprint density at radius 2 is 1.58 bits per heavy atom. The second kappa shape index (κ2) is 7.47. The maximum Gasteiger partial charge on any atom is 0.0390 e. The minimum atomic E-state index is 1.08. The van der Waals surface area contributed by atoms with Crippen molar-refractivity contribution in [3.8, 4) is 0 Å². The van der Waals surface area contributed by atoms with Crippen molar-refractivity contribution in [2.24, 2.45) is 0 Å². The molecule has 0 saturated carbocycles. The van der Waals surface area contributed by atoms with E-state index in [0.717, 1.165) is 16.9 Å². The molecule has 24 heavy (non-hydrogen) atoms. The summed E-state index contributed by atoms with van der Waals surface area (Å²) in [6, 6.07) is 23.3. The molecule has 0 aliphatic carbocycles. The molecule has 0 atom stereocenters. The summed E-state index contributed by atoms with van der Waals surface area (Å²) in [5.74, 6) is 0. The molecule has 0 unspecified atom stereocenters. The summed E-state index contributed by atoms with van der Waals surface area (Å²) >= 11 is 0. The number of benzene rings is 3. The predicted octanol–water partition coefficient (Wildman–Crippen LogP) is 6.73. The number of rotatable bonds is 5. The van der Waals surface area contributed by atoms with Crippen LogP contribution in [0, 0.1) is 0 Å². The Labute approximate surface area is 143 Å². The molecule has 3 aromatic carbocycles. The molecule has 1 heteroatoms. The first-order valence-electron chi connectivity index (χ1n) is 8.12. The lowest BCUT2D eigenvalue weighted by Crippen LogP contribution is -1.91. The number of hydrogen-bond donors (Lipinski definition) is 1. The Bertz CT molecular complexity index is 899. The molecule has 0 aliphatic rings. The maximum absolute atomic E-state index is 3.78. The van der Waals surface area contributed by atoms with Crippen molar-refractivity contribution in [3.63, 3.8) is 0 Å². The highest BCUT2D eigenvalue weighted by molar-refractivity contribution is 5.86. The number of allylic oxidation sites excluding steroid dienone is 5. The highest BCUT2D eigenvalue weighted by Gasteiger charge is 2.00. The van der Waals surface area contributed by atoms with Crippen LogP contribution in [0.15, 0.2) is 97.6 Å². The largest absolute Gasteiger partial charge is 0.356 e. The Kier molecular flexibility index (Phi) is 4.93. The zero-order valence-corrected chi connectivity index (χ0v) is 13.9. The van der Waals surface area contributed by atoms with E-state index >= 15 is 0 Å². The lowest BCUT2D eigenvalue weighted by atomic mass is 10.0. The van der Waals surface area contributed by atoms with E-state index in [2.05, 4.69) is 84.7 Å². The molecule has 0 spiro atoms. The molecule has 0 heterocycles. The van der Waals surface area contributed by atoms with Crippen molar-refractivity contribution < 1.29 is 0 Å². The van der Waals surface area contributed by atoms with Crippen LogP contribution in [0.4, 0.5) is 11.4 Å². The van der Waals surface area contributed by atoms with Crippen LogP contribution in [-0.4, -0.2) is 0 Å². The van der Waals surface area contributed by atoms with E-state index in [1.54, 1.807) is 0 Å². The van der Waals surface area contributed by atoms with Gasteiger partial charge in [0.1, 0.15) is 0 Å². The molecule has 0 bridgehead atoms. The van der Waals surface area contributed by atoms with Crippen LogP contribution in [-0.2, 0) is 0 Å². The Morgan fingerprint density at radius 3 is 2.29 bits per heavy atom. The van der Waals surface area contributed by atoms with Crippen molar-refractivity contribution in [2.45, 2.75) is 6.92 Å². The summed E-state index contributed by atoms with van der Waals surface area (Å²) in [6.07, 6.45) is 7.96. The minimum Gasteiger partial charge on any atom is -0.356 e. The van der Waals surface area contributed by atoms with Gasteiger partial charge >= 0.3 is 0 Å². The van der Waals surface area contributed by atoms with E-state index in [1.165, 1.54) is 16.3 Å². The van der Waals surface area contributed by atoms with Crippen molar-refractivity contribution >= 4 is 27.7 Å². The molecular weight excluding hydrogens is 290 g/mol. The van der Waals surface area contributed by atoms with Gasteiger partial charge in [-0.2, -0.15) is 0 Å². The van der Waals surface area contributed by atoms with E-state index in [0.29, 0.717) is 0 Å². The van der Waals surface area contributed by atoms with Gasteiger partial charge in [-0.15, -0.1) is 0 Å². The number of anilines is 2. The van der Waals surface area contributed by atoms with Gasteiger partial charge in [-0.3, -0.25) is 0 Å². The number of hydrogen-bond acceptors (Lipinski definition) is 1. The van der Waals surface area contributed by atoms with Gasteiger partial charge in [-0.1, -0.05) is 73.3 Å². The molecule has 0 aromatic heterocycles. The monoisotopic (exact) mass is 311 g/mol. The van der Waals surface area contributed by atoms with Crippen LogP contribution in [0.1, 0.15) is 12.5 Å². The van der Waals surface area contributed by atoms with Crippen molar-refractivity contribution in [3.05, 3.63) is 103 Å². The Hall–Kier alpha value is -3.06. The van der Waals surface area contributed by atoms with Crippen LogP contribution in [0.5, 0.6) is 0 Å². The lowest BCUT2D eigenvalue weighted by Gasteiger charge is -2.09. The lowest BCUT2D eigenvalue weighted by molar-refractivity contribution is 1.54. The third-order valence-corrected chi connectivity index (χ3v) is 3.90. The fourth-order valence-corrected chi connectivity index (χ4v) is 2.73. The van der Waals surface area contributed by atoms with E-state index in [1.807, 2.05) is 25.2 Å². The van der Waals surface area contributed by atoms with Crippen LogP contribution < -0.4 is 5.32 Å². The van der Waals surface area contributed by atoms with E-state index < -0.39 is 0 Å². The molecule has 3 aromatic rings. The first-order valence-corrected chi connectivity index (χ1v) is 8.12. The third kappa shape index (κ3) is 3.64. The Morgan fingerprint density at radius 1 is 0.875 bits per heavy atom. The highest BCUT2D eigenvalue weighted by atomic mass is 14.9.